The van der Waals surface area contributed by atoms with Crippen LogP contribution < -0.4 is 31.4 Å². The van der Waals surface area contributed by atoms with Crippen LogP contribution in [0.15, 0.2) is 164 Å². The first-order valence-corrected chi connectivity index (χ1v) is 23.7. The molecule has 2 N–H and O–H groups in total. The maximum absolute atomic E-state index is 13.7. The van der Waals surface area contributed by atoms with Crippen molar-refractivity contribution in [2.24, 2.45) is 0 Å². The molecule has 2 aliphatic heterocycles. The largest absolute Gasteiger partial charge is 0.492 e. The molecule has 0 radical (unpaired) electrons. The van der Waals surface area contributed by atoms with Gasteiger partial charge in [0.15, 0.2) is 0 Å². The Morgan fingerprint density at radius 1 is 0.449 bits per heavy atom. The summed E-state index contributed by atoms with van der Waals surface area (Å²) in [6.07, 6.45) is 4.49. The lowest BCUT2D eigenvalue weighted by molar-refractivity contribution is -0.123. The third-order valence-corrected chi connectivity index (χ3v) is 12.9. The normalized spacial score (nSPS) is 14.0. The number of nitrogens with one attached hydrogen (secondary N) is 2. The number of hydrogen-bond acceptors (Lipinski definition) is 10. The average Bonchev–Trinajstić information content (AvgIpc) is 4.10. The smallest absolute Gasteiger partial charge is 0.344 e. The number of carbonyl (C=O) groups excluding carboxylic acids is 2. The number of carbonyl (C=O) groups is 2. The van der Waals surface area contributed by atoms with E-state index in [1.54, 1.807) is 60.7 Å². The van der Waals surface area contributed by atoms with E-state index in [1.807, 2.05) is 84.9 Å². The molecule has 0 unspecified atom stereocenters. The predicted octanol–water partition coefficient (Wildman–Crippen LogP) is 10.5. The highest BCUT2D eigenvalue weighted by atomic mass is 16.5. The minimum Gasteiger partial charge on any atom is -0.492 e. The van der Waals surface area contributed by atoms with Crippen molar-refractivity contribution in [1.82, 2.24) is 9.80 Å². The standard InChI is InChI=1S/C57H52N4O8/c62-50(58-42-21-13-40(14-22-42)54-52(46-9-1-3-11-48(46)68-56(54)64)38-17-25-44(26-18-38)66-35-33-60-29-5-6-30-60)37-51(63)59-43-23-15-41(16-24-43)55-53(47-10-2-4-12-49(47)69-57(55)65)39-19-27-45(28-20-39)67-36-34-61-31-7-8-32-61/h1-4,9-28H,5-8,29-37H2,(H,58,62)(H,59,63). The molecule has 0 saturated carbocycles. The zero-order chi connectivity index (χ0) is 47.1. The maximum Gasteiger partial charge on any atom is 0.344 e. The summed E-state index contributed by atoms with van der Waals surface area (Å²) in [7, 11) is 0. The Labute approximate surface area is 399 Å². The first kappa shape index (κ1) is 45.0. The van der Waals surface area contributed by atoms with Crippen LogP contribution >= 0.6 is 0 Å². The van der Waals surface area contributed by atoms with E-state index in [4.69, 9.17) is 18.3 Å². The van der Waals surface area contributed by atoms with Gasteiger partial charge in [-0.25, -0.2) is 9.59 Å². The zero-order valence-corrected chi connectivity index (χ0v) is 38.2. The molecule has 2 fully saturated rings. The highest BCUT2D eigenvalue weighted by molar-refractivity contribution is 6.08. The van der Waals surface area contributed by atoms with E-state index >= 15 is 0 Å². The lowest BCUT2D eigenvalue weighted by Crippen LogP contribution is -2.25. The van der Waals surface area contributed by atoms with Crippen molar-refractivity contribution in [3.63, 3.8) is 0 Å². The topological polar surface area (TPSA) is 144 Å². The molecule has 2 amide bonds. The summed E-state index contributed by atoms with van der Waals surface area (Å²) in [6, 6.07) is 44.2. The first-order chi connectivity index (χ1) is 33.8. The summed E-state index contributed by atoms with van der Waals surface area (Å²) in [5.74, 6) is 0.470. The van der Waals surface area contributed by atoms with Crippen molar-refractivity contribution in [2.45, 2.75) is 32.1 Å². The molecule has 0 bridgehead atoms. The monoisotopic (exact) mass is 920 g/mol. The minimum absolute atomic E-state index is 0.389. The van der Waals surface area contributed by atoms with Crippen LogP contribution in [-0.4, -0.2) is 74.1 Å². The van der Waals surface area contributed by atoms with Crippen molar-refractivity contribution in [3.8, 4) is 56.0 Å². The highest BCUT2D eigenvalue weighted by Crippen LogP contribution is 2.39. The highest BCUT2D eigenvalue weighted by Gasteiger charge is 2.21. The fraction of sp³-hybridized carbons (Fsp3) is 0.228. The molecule has 0 atom stereocenters. The second-order valence-corrected chi connectivity index (χ2v) is 17.5. The van der Waals surface area contributed by atoms with Crippen LogP contribution in [0.4, 0.5) is 11.4 Å². The van der Waals surface area contributed by atoms with Crippen LogP contribution in [0.2, 0.25) is 0 Å². The lowest BCUT2D eigenvalue weighted by atomic mass is 9.93. The van der Waals surface area contributed by atoms with E-state index in [0.717, 1.165) is 83.8 Å². The van der Waals surface area contributed by atoms with Crippen LogP contribution in [-0.2, 0) is 9.59 Å². The van der Waals surface area contributed by atoms with Gasteiger partial charge in [-0.2, -0.15) is 0 Å². The summed E-state index contributed by atoms with van der Waals surface area (Å²) in [5.41, 5.74) is 5.99. The molecule has 2 aromatic heterocycles. The van der Waals surface area contributed by atoms with E-state index in [-0.39, 0.29) is 0 Å². The molecular formula is C57H52N4O8. The van der Waals surface area contributed by atoms with Crippen molar-refractivity contribution < 1.29 is 27.9 Å². The molecule has 2 aliphatic rings. The van der Waals surface area contributed by atoms with Gasteiger partial charge in [0.05, 0.1) is 11.1 Å². The first-order valence-electron chi connectivity index (χ1n) is 23.7. The summed E-state index contributed by atoms with van der Waals surface area (Å²) in [5, 5.41) is 7.16. The van der Waals surface area contributed by atoms with Crippen molar-refractivity contribution in [2.75, 3.05) is 63.1 Å². The van der Waals surface area contributed by atoms with Gasteiger partial charge in [0.25, 0.3) is 0 Å². The number of anilines is 2. The third kappa shape index (κ3) is 10.4. The average molecular weight is 921 g/mol. The molecule has 2 saturated heterocycles. The summed E-state index contributed by atoms with van der Waals surface area (Å²) in [6.45, 7) is 7.44. The summed E-state index contributed by atoms with van der Waals surface area (Å²) >= 11 is 0. The van der Waals surface area contributed by atoms with Gasteiger partial charge in [0.2, 0.25) is 11.8 Å². The Balaban J connectivity index is 0.799. The van der Waals surface area contributed by atoms with Gasteiger partial charge in [0, 0.05) is 46.4 Å². The Morgan fingerprint density at radius 3 is 1.19 bits per heavy atom. The Bertz CT molecular complexity index is 3010. The second kappa shape index (κ2) is 20.6. The number of ether oxygens (including phenoxy) is 2. The van der Waals surface area contributed by atoms with Gasteiger partial charge in [-0.15, -0.1) is 0 Å². The molecule has 12 nitrogen and oxygen atoms in total. The zero-order valence-electron chi connectivity index (χ0n) is 38.2. The number of fused-ring (bicyclic) bond motifs is 2. The fourth-order valence-electron chi connectivity index (χ4n) is 9.45. The van der Waals surface area contributed by atoms with Crippen LogP contribution in [0.25, 0.3) is 66.4 Å². The molecule has 4 heterocycles. The number of hydrogen-bond donors (Lipinski definition) is 2. The Morgan fingerprint density at radius 2 is 0.797 bits per heavy atom. The number of para-hydroxylation sites is 2. The minimum atomic E-state index is -0.521. The molecule has 0 aliphatic carbocycles. The molecule has 8 aromatic rings. The van der Waals surface area contributed by atoms with E-state index in [9.17, 15) is 19.2 Å². The number of nitrogens with zero attached hydrogens (tertiary/aromatic N) is 2. The molecule has 0 spiro atoms. The summed E-state index contributed by atoms with van der Waals surface area (Å²) < 4.78 is 23.7. The van der Waals surface area contributed by atoms with E-state index in [0.29, 0.717) is 58.0 Å². The van der Waals surface area contributed by atoms with Crippen molar-refractivity contribution >= 4 is 45.1 Å². The second-order valence-electron chi connectivity index (χ2n) is 17.5. The van der Waals surface area contributed by atoms with Crippen LogP contribution in [0.1, 0.15) is 32.1 Å². The van der Waals surface area contributed by atoms with Gasteiger partial charge >= 0.3 is 11.3 Å². The third-order valence-electron chi connectivity index (χ3n) is 12.9. The number of amides is 2. The van der Waals surface area contributed by atoms with E-state index in [1.165, 1.54) is 25.7 Å². The molecular weight excluding hydrogens is 869 g/mol. The molecule has 10 rings (SSSR count). The van der Waals surface area contributed by atoms with Crippen molar-refractivity contribution in [1.29, 1.82) is 0 Å². The van der Waals surface area contributed by atoms with Gasteiger partial charge in [-0.3, -0.25) is 19.4 Å². The quantitative estimate of drug-likeness (QED) is 0.0710. The lowest BCUT2D eigenvalue weighted by Gasteiger charge is -2.16. The van der Waals surface area contributed by atoms with Gasteiger partial charge in [0.1, 0.15) is 42.3 Å². The molecule has 69 heavy (non-hydrogen) atoms. The van der Waals surface area contributed by atoms with Crippen molar-refractivity contribution in [3.05, 3.63) is 166 Å². The van der Waals surface area contributed by atoms with Crippen LogP contribution in [0, 0.1) is 0 Å². The maximum atomic E-state index is 13.7. The predicted molar refractivity (Wildman–Crippen MR) is 271 cm³/mol. The van der Waals surface area contributed by atoms with Gasteiger partial charge < -0.3 is 28.9 Å². The molecule has 6 aromatic carbocycles. The van der Waals surface area contributed by atoms with Gasteiger partial charge in [-0.05, 0) is 135 Å². The van der Waals surface area contributed by atoms with E-state index in [2.05, 4.69) is 20.4 Å². The molecule has 12 heteroatoms. The summed E-state index contributed by atoms with van der Waals surface area (Å²) in [4.78, 5) is 58.4. The Hall–Kier alpha value is -7.80. The SMILES string of the molecule is O=C(CC(=O)Nc1ccc(-c2c(-c3ccc(OCCN4CCCC4)cc3)c3ccccc3oc2=O)cc1)Nc1ccc(-c2c(-c3ccc(OCCN4CCCC4)cc3)c3ccccc3oc2=O)cc1. The van der Waals surface area contributed by atoms with Crippen LogP contribution in [0.5, 0.6) is 11.5 Å². The van der Waals surface area contributed by atoms with E-state index < -0.39 is 29.5 Å². The number of benzene rings is 6. The number of likely N-dealkylation sites (tertiary alicyclic amines) is 2. The number of rotatable bonds is 16. The van der Waals surface area contributed by atoms with Gasteiger partial charge in [-0.1, -0.05) is 84.9 Å². The fourth-order valence-corrected chi connectivity index (χ4v) is 9.45. The van der Waals surface area contributed by atoms with Crippen LogP contribution in [0.3, 0.4) is 0 Å². The Kier molecular flexibility index (Phi) is 13.4. The molecule has 348 valence electrons.